The van der Waals surface area contributed by atoms with E-state index in [0.29, 0.717) is 0 Å². The quantitative estimate of drug-likeness (QED) is 0.521. The van der Waals surface area contributed by atoms with Crippen LogP contribution in [-0.4, -0.2) is 4.98 Å². The van der Waals surface area contributed by atoms with Crippen LogP contribution >= 0.6 is 0 Å². The van der Waals surface area contributed by atoms with Gasteiger partial charge in [-0.25, -0.2) is 0 Å². The molecule has 1 saturated carbocycles. The molecule has 3 aromatic rings. The van der Waals surface area contributed by atoms with Gasteiger partial charge in [0, 0.05) is 17.0 Å². The third-order valence-corrected chi connectivity index (χ3v) is 5.11. The Hall–Kier alpha value is -1.89. The summed E-state index contributed by atoms with van der Waals surface area (Å²) in [5.41, 5.74) is 4.47. The van der Waals surface area contributed by atoms with Gasteiger partial charge in [-0.2, -0.15) is 0 Å². The first-order valence-corrected chi connectivity index (χ1v) is 7.22. The van der Waals surface area contributed by atoms with E-state index < -0.39 is 0 Å². The number of hydrogen-bond donors (Lipinski definition) is 0. The fourth-order valence-corrected chi connectivity index (χ4v) is 4.44. The maximum absolute atomic E-state index is 4.67. The van der Waals surface area contributed by atoms with Gasteiger partial charge in [0.1, 0.15) is 0 Å². The Balaban J connectivity index is 2.09. The highest BCUT2D eigenvalue weighted by Gasteiger charge is 2.39. The number of nitrogens with zero attached hydrogens (tertiary/aromatic N) is 1. The molecule has 1 fully saturated rings. The Bertz CT molecular complexity index is 750. The standard InChI is InChI=1S/C18H15N/c1-2-5-14-13(4-1)16-11-7-8-12(10-11)17(16)15-6-3-9-19-18(14)15/h1-6,9,11-12H,7-8,10H2/t11-,12-/m0/s1. The minimum absolute atomic E-state index is 0.788. The number of pyridine rings is 1. The summed E-state index contributed by atoms with van der Waals surface area (Å²) in [6.45, 7) is 0. The molecule has 2 atom stereocenters. The molecule has 0 amide bonds. The van der Waals surface area contributed by atoms with Crippen molar-refractivity contribution in [1.29, 1.82) is 0 Å². The zero-order chi connectivity index (χ0) is 12.4. The van der Waals surface area contributed by atoms with E-state index in [4.69, 9.17) is 0 Å². The van der Waals surface area contributed by atoms with E-state index in [0.717, 1.165) is 11.8 Å². The van der Waals surface area contributed by atoms with Crippen molar-refractivity contribution in [3.8, 4) is 0 Å². The van der Waals surface area contributed by atoms with Crippen LogP contribution in [0.15, 0.2) is 42.6 Å². The molecule has 0 unspecified atom stereocenters. The summed E-state index contributed by atoms with van der Waals surface area (Å²) in [4.78, 5) is 4.67. The highest BCUT2D eigenvalue weighted by molar-refractivity contribution is 6.09. The normalized spacial score (nSPS) is 24.2. The van der Waals surface area contributed by atoms with E-state index >= 15 is 0 Å². The summed E-state index contributed by atoms with van der Waals surface area (Å²) in [7, 11) is 0. The van der Waals surface area contributed by atoms with E-state index in [1.54, 1.807) is 11.1 Å². The van der Waals surface area contributed by atoms with Crippen LogP contribution in [0.25, 0.3) is 21.7 Å². The van der Waals surface area contributed by atoms with Gasteiger partial charge in [0.05, 0.1) is 5.52 Å². The minimum Gasteiger partial charge on any atom is -0.256 e. The Labute approximate surface area is 112 Å². The lowest BCUT2D eigenvalue weighted by Crippen LogP contribution is -2.01. The Morgan fingerprint density at radius 3 is 2.32 bits per heavy atom. The summed E-state index contributed by atoms with van der Waals surface area (Å²) in [6, 6.07) is 13.2. The number of rotatable bonds is 0. The second-order valence-corrected chi connectivity index (χ2v) is 5.98. The minimum atomic E-state index is 0.788. The molecule has 1 heterocycles. The number of benzene rings is 2. The van der Waals surface area contributed by atoms with Gasteiger partial charge in [0.2, 0.25) is 0 Å². The second kappa shape index (κ2) is 3.36. The van der Waals surface area contributed by atoms with Crippen LogP contribution in [0.2, 0.25) is 0 Å². The molecule has 0 N–H and O–H groups in total. The van der Waals surface area contributed by atoms with Crippen molar-refractivity contribution in [3.63, 3.8) is 0 Å². The third-order valence-electron chi connectivity index (χ3n) is 5.11. The molecule has 2 bridgehead atoms. The first kappa shape index (κ1) is 9.96. The molecule has 19 heavy (non-hydrogen) atoms. The Morgan fingerprint density at radius 2 is 1.47 bits per heavy atom. The van der Waals surface area contributed by atoms with Crippen LogP contribution in [0.4, 0.5) is 0 Å². The first-order chi connectivity index (χ1) is 9.43. The predicted molar refractivity (Wildman–Crippen MR) is 78.6 cm³/mol. The zero-order valence-corrected chi connectivity index (χ0v) is 10.8. The van der Waals surface area contributed by atoms with E-state index in [-0.39, 0.29) is 0 Å². The van der Waals surface area contributed by atoms with Gasteiger partial charge in [-0.1, -0.05) is 30.3 Å². The van der Waals surface area contributed by atoms with Gasteiger partial charge < -0.3 is 0 Å². The van der Waals surface area contributed by atoms with Gasteiger partial charge in [0.25, 0.3) is 0 Å². The van der Waals surface area contributed by atoms with Crippen molar-refractivity contribution in [2.45, 2.75) is 31.1 Å². The SMILES string of the molecule is c1ccc2c(c1)c1c(c3cccnc32)[C@H]2CC[C@H]1C2. The number of fused-ring (bicyclic) bond motifs is 10. The monoisotopic (exact) mass is 245 g/mol. The molecule has 1 heteroatoms. The van der Waals surface area contributed by atoms with Gasteiger partial charge in [-0.05, 0) is 53.7 Å². The van der Waals surface area contributed by atoms with Gasteiger partial charge in [-0.3, -0.25) is 4.98 Å². The van der Waals surface area contributed by atoms with E-state index in [1.165, 1.54) is 40.9 Å². The van der Waals surface area contributed by atoms with Crippen molar-refractivity contribution < 1.29 is 0 Å². The van der Waals surface area contributed by atoms with Crippen LogP contribution in [0.1, 0.15) is 42.2 Å². The van der Waals surface area contributed by atoms with Crippen LogP contribution in [0.5, 0.6) is 0 Å². The molecule has 5 rings (SSSR count). The van der Waals surface area contributed by atoms with Crippen molar-refractivity contribution >= 4 is 21.7 Å². The molecule has 0 spiro atoms. The van der Waals surface area contributed by atoms with Crippen molar-refractivity contribution in [2.75, 3.05) is 0 Å². The van der Waals surface area contributed by atoms with Crippen LogP contribution in [-0.2, 0) is 0 Å². The van der Waals surface area contributed by atoms with Crippen LogP contribution < -0.4 is 0 Å². The van der Waals surface area contributed by atoms with E-state index in [1.807, 2.05) is 6.20 Å². The molecule has 2 aromatic carbocycles. The summed E-state index contributed by atoms with van der Waals surface area (Å²) in [6.07, 6.45) is 6.05. The fourth-order valence-electron chi connectivity index (χ4n) is 4.44. The largest absolute Gasteiger partial charge is 0.256 e. The molecular weight excluding hydrogens is 230 g/mol. The van der Waals surface area contributed by atoms with Crippen LogP contribution in [0.3, 0.4) is 0 Å². The molecule has 1 aromatic heterocycles. The second-order valence-electron chi connectivity index (χ2n) is 5.98. The molecule has 0 saturated heterocycles. The fraction of sp³-hybridized carbons (Fsp3) is 0.278. The molecule has 0 radical (unpaired) electrons. The van der Waals surface area contributed by atoms with Gasteiger partial charge >= 0.3 is 0 Å². The lowest BCUT2D eigenvalue weighted by molar-refractivity contribution is 0.726. The van der Waals surface area contributed by atoms with Crippen molar-refractivity contribution in [1.82, 2.24) is 4.98 Å². The van der Waals surface area contributed by atoms with Crippen molar-refractivity contribution in [3.05, 3.63) is 53.7 Å². The first-order valence-electron chi connectivity index (χ1n) is 7.22. The third kappa shape index (κ3) is 1.14. The Kier molecular flexibility index (Phi) is 1.76. The van der Waals surface area contributed by atoms with Crippen molar-refractivity contribution in [2.24, 2.45) is 0 Å². The molecular formula is C18H15N. The lowest BCUT2D eigenvalue weighted by Gasteiger charge is -2.20. The van der Waals surface area contributed by atoms with Gasteiger partial charge in [-0.15, -0.1) is 0 Å². The highest BCUT2D eigenvalue weighted by Crippen LogP contribution is 2.57. The molecule has 2 aliphatic carbocycles. The number of hydrogen-bond acceptors (Lipinski definition) is 1. The Morgan fingerprint density at radius 1 is 0.789 bits per heavy atom. The predicted octanol–water partition coefficient (Wildman–Crippen LogP) is 4.75. The summed E-state index contributed by atoms with van der Waals surface area (Å²) < 4.78 is 0. The molecule has 1 nitrogen and oxygen atoms in total. The maximum Gasteiger partial charge on any atom is 0.0783 e. The molecule has 2 aliphatic rings. The summed E-state index contributed by atoms with van der Waals surface area (Å²) in [5, 5.41) is 4.20. The topological polar surface area (TPSA) is 12.9 Å². The highest BCUT2D eigenvalue weighted by atomic mass is 14.7. The zero-order valence-electron chi connectivity index (χ0n) is 10.8. The summed E-state index contributed by atoms with van der Waals surface area (Å²) in [5.74, 6) is 1.59. The summed E-state index contributed by atoms with van der Waals surface area (Å²) >= 11 is 0. The maximum atomic E-state index is 4.67. The van der Waals surface area contributed by atoms with E-state index in [9.17, 15) is 0 Å². The van der Waals surface area contributed by atoms with E-state index in [2.05, 4.69) is 41.4 Å². The molecule has 0 aliphatic heterocycles. The molecule has 92 valence electrons. The van der Waals surface area contributed by atoms with Crippen LogP contribution in [0, 0.1) is 0 Å². The lowest BCUT2D eigenvalue weighted by atomic mass is 9.85. The number of aromatic nitrogens is 1. The average Bonchev–Trinajstić information content (AvgIpc) is 3.09. The smallest absolute Gasteiger partial charge is 0.0783 e. The average molecular weight is 245 g/mol. The van der Waals surface area contributed by atoms with Gasteiger partial charge in [0.15, 0.2) is 0 Å².